The second-order valence-electron chi connectivity index (χ2n) is 4.66. The number of aromatic nitrogens is 1. The topological polar surface area (TPSA) is 26.2 Å². The SMILES string of the molecule is CCn1c(C)ccc1CNCc1ccc(OC)cc1. The number of hydrogen-bond acceptors (Lipinski definition) is 2. The lowest BCUT2D eigenvalue weighted by Crippen LogP contribution is -2.16. The fourth-order valence-corrected chi connectivity index (χ4v) is 2.31. The molecule has 0 aliphatic heterocycles. The maximum atomic E-state index is 5.15. The van der Waals surface area contributed by atoms with Crippen molar-refractivity contribution in [3.8, 4) is 5.75 Å². The summed E-state index contributed by atoms with van der Waals surface area (Å²) in [6.07, 6.45) is 0. The number of benzene rings is 1. The third kappa shape index (κ3) is 3.38. The summed E-state index contributed by atoms with van der Waals surface area (Å²) in [4.78, 5) is 0. The van der Waals surface area contributed by atoms with Crippen LogP contribution in [0.15, 0.2) is 36.4 Å². The van der Waals surface area contributed by atoms with Crippen LogP contribution < -0.4 is 10.1 Å². The van der Waals surface area contributed by atoms with Gasteiger partial charge in [-0.2, -0.15) is 0 Å². The van der Waals surface area contributed by atoms with Gasteiger partial charge in [0.25, 0.3) is 0 Å². The van der Waals surface area contributed by atoms with Gasteiger partial charge >= 0.3 is 0 Å². The predicted molar refractivity (Wildman–Crippen MR) is 78.4 cm³/mol. The Hall–Kier alpha value is -1.74. The lowest BCUT2D eigenvalue weighted by atomic mass is 10.2. The first kappa shape index (κ1) is 13.7. The molecule has 19 heavy (non-hydrogen) atoms. The van der Waals surface area contributed by atoms with Gasteiger partial charge in [-0.3, -0.25) is 0 Å². The van der Waals surface area contributed by atoms with Crippen molar-refractivity contribution in [1.29, 1.82) is 0 Å². The summed E-state index contributed by atoms with van der Waals surface area (Å²) in [5.41, 5.74) is 3.93. The van der Waals surface area contributed by atoms with E-state index in [1.54, 1.807) is 7.11 Å². The first-order valence-electron chi connectivity index (χ1n) is 6.73. The molecule has 102 valence electrons. The fraction of sp³-hybridized carbons (Fsp3) is 0.375. The van der Waals surface area contributed by atoms with Gasteiger partial charge in [0.05, 0.1) is 7.11 Å². The van der Waals surface area contributed by atoms with Crippen LogP contribution in [0, 0.1) is 6.92 Å². The average Bonchev–Trinajstić information content (AvgIpc) is 2.80. The molecule has 0 unspecified atom stereocenters. The Balaban J connectivity index is 1.88. The molecule has 1 heterocycles. The minimum atomic E-state index is 0.873. The smallest absolute Gasteiger partial charge is 0.118 e. The van der Waals surface area contributed by atoms with Crippen molar-refractivity contribution < 1.29 is 4.74 Å². The first-order chi connectivity index (χ1) is 9.24. The van der Waals surface area contributed by atoms with E-state index in [4.69, 9.17) is 4.74 Å². The van der Waals surface area contributed by atoms with Gasteiger partial charge in [0, 0.05) is 31.0 Å². The maximum Gasteiger partial charge on any atom is 0.118 e. The summed E-state index contributed by atoms with van der Waals surface area (Å²) in [5, 5.41) is 3.48. The van der Waals surface area contributed by atoms with E-state index in [1.807, 2.05) is 12.1 Å². The highest BCUT2D eigenvalue weighted by atomic mass is 16.5. The zero-order valence-corrected chi connectivity index (χ0v) is 11.9. The van der Waals surface area contributed by atoms with Gasteiger partial charge in [0.15, 0.2) is 0 Å². The average molecular weight is 258 g/mol. The Bertz CT molecular complexity index is 514. The van der Waals surface area contributed by atoms with Gasteiger partial charge in [0.1, 0.15) is 5.75 Å². The number of hydrogen-bond donors (Lipinski definition) is 1. The van der Waals surface area contributed by atoms with Crippen LogP contribution in [-0.4, -0.2) is 11.7 Å². The molecule has 0 radical (unpaired) electrons. The standard InChI is InChI=1S/C16H22N2O/c1-4-18-13(2)5-8-15(18)12-17-11-14-6-9-16(19-3)10-7-14/h5-10,17H,4,11-12H2,1-3H3. The van der Waals surface area contributed by atoms with Crippen LogP contribution in [0.25, 0.3) is 0 Å². The summed E-state index contributed by atoms with van der Waals surface area (Å²) in [7, 11) is 1.69. The highest BCUT2D eigenvalue weighted by Crippen LogP contribution is 2.12. The van der Waals surface area contributed by atoms with Gasteiger partial charge in [-0.25, -0.2) is 0 Å². The molecule has 0 fully saturated rings. The van der Waals surface area contributed by atoms with Gasteiger partial charge in [-0.15, -0.1) is 0 Å². The second-order valence-corrected chi connectivity index (χ2v) is 4.66. The van der Waals surface area contributed by atoms with Crippen molar-refractivity contribution >= 4 is 0 Å². The van der Waals surface area contributed by atoms with Gasteiger partial charge in [-0.05, 0) is 43.7 Å². The molecule has 0 aliphatic carbocycles. The largest absolute Gasteiger partial charge is 0.497 e. The van der Waals surface area contributed by atoms with Crippen LogP contribution in [0.4, 0.5) is 0 Å². The molecular formula is C16H22N2O. The van der Waals surface area contributed by atoms with Crippen LogP contribution in [0.5, 0.6) is 5.75 Å². The quantitative estimate of drug-likeness (QED) is 0.861. The molecular weight excluding hydrogens is 236 g/mol. The summed E-state index contributed by atoms with van der Waals surface area (Å²) in [5.74, 6) is 0.902. The second kappa shape index (κ2) is 6.43. The molecule has 0 atom stereocenters. The summed E-state index contributed by atoms with van der Waals surface area (Å²) < 4.78 is 7.49. The molecule has 0 bridgehead atoms. The van der Waals surface area contributed by atoms with Crippen molar-refractivity contribution in [2.24, 2.45) is 0 Å². The number of rotatable bonds is 6. The van der Waals surface area contributed by atoms with Gasteiger partial charge in [-0.1, -0.05) is 12.1 Å². The van der Waals surface area contributed by atoms with E-state index in [0.717, 1.165) is 25.4 Å². The van der Waals surface area contributed by atoms with E-state index in [1.165, 1.54) is 17.0 Å². The first-order valence-corrected chi connectivity index (χ1v) is 6.73. The lowest BCUT2D eigenvalue weighted by Gasteiger charge is -2.10. The van der Waals surface area contributed by atoms with E-state index in [0.29, 0.717) is 0 Å². The van der Waals surface area contributed by atoms with Crippen molar-refractivity contribution in [2.45, 2.75) is 33.5 Å². The van der Waals surface area contributed by atoms with Crippen molar-refractivity contribution in [3.63, 3.8) is 0 Å². The van der Waals surface area contributed by atoms with Gasteiger partial charge in [0.2, 0.25) is 0 Å². The van der Waals surface area contributed by atoms with Crippen molar-refractivity contribution in [2.75, 3.05) is 7.11 Å². The van der Waals surface area contributed by atoms with E-state index >= 15 is 0 Å². The molecule has 1 aromatic heterocycles. The predicted octanol–water partition coefficient (Wildman–Crippen LogP) is 3.11. The number of nitrogens with one attached hydrogen (secondary N) is 1. The van der Waals surface area contributed by atoms with Crippen LogP contribution >= 0.6 is 0 Å². The normalized spacial score (nSPS) is 10.7. The molecule has 0 spiro atoms. The molecule has 3 heteroatoms. The highest BCUT2D eigenvalue weighted by molar-refractivity contribution is 5.27. The van der Waals surface area contributed by atoms with Crippen LogP contribution in [-0.2, 0) is 19.6 Å². The van der Waals surface area contributed by atoms with E-state index in [9.17, 15) is 0 Å². The zero-order chi connectivity index (χ0) is 13.7. The molecule has 1 aromatic carbocycles. The number of methoxy groups -OCH3 is 1. The Labute approximate surface area is 115 Å². The molecule has 0 aliphatic rings. The summed E-state index contributed by atoms with van der Waals surface area (Å²) in [6.45, 7) is 7.13. The molecule has 2 rings (SSSR count). The maximum absolute atomic E-state index is 5.15. The van der Waals surface area contributed by atoms with Crippen LogP contribution in [0.2, 0.25) is 0 Å². The Morgan fingerprint density at radius 1 is 1.05 bits per heavy atom. The van der Waals surface area contributed by atoms with Crippen molar-refractivity contribution in [1.82, 2.24) is 9.88 Å². The Kier molecular flexibility index (Phi) is 4.63. The molecule has 2 aromatic rings. The van der Waals surface area contributed by atoms with Crippen molar-refractivity contribution in [3.05, 3.63) is 53.3 Å². The van der Waals surface area contributed by atoms with E-state index in [-0.39, 0.29) is 0 Å². The third-order valence-corrected chi connectivity index (χ3v) is 3.40. The van der Waals surface area contributed by atoms with E-state index < -0.39 is 0 Å². The molecule has 0 saturated heterocycles. The molecule has 0 amide bonds. The third-order valence-electron chi connectivity index (χ3n) is 3.40. The van der Waals surface area contributed by atoms with E-state index in [2.05, 4.69) is 48.0 Å². The molecule has 3 nitrogen and oxygen atoms in total. The van der Waals surface area contributed by atoms with Crippen LogP contribution in [0.1, 0.15) is 23.9 Å². The molecule has 1 N–H and O–H groups in total. The lowest BCUT2D eigenvalue weighted by molar-refractivity contribution is 0.414. The Morgan fingerprint density at radius 2 is 1.79 bits per heavy atom. The summed E-state index contributed by atoms with van der Waals surface area (Å²) in [6, 6.07) is 12.5. The highest BCUT2D eigenvalue weighted by Gasteiger charge is 2.02. The van der Waals surface area contributed by atoms with Crippen LogP contribution in [0.3, 0.4) is 0 Å². The zero-order valence-electron chi connectivity index (χ0n) is 11.9. The molecule has 0 saturated carbocycles. The van der Waals surface area contributed by atoms with Gasteiger partial charge < -0.3 is 14.6 Å². The number of ether oxygens (including phenoxy) is 1. The monoisotopic (exact) mass is 258 g/mol. The Morgan fingerprint density at radius 3 is 2.42 bits per heavy atom. The summed E-state index contributed by atoms with van der Waals surface area (Å²) >= 11 is 0. The number of nitrogens with zero attached hydrogens (tertiary/aromatic N) is 1. The fourth-order valence-electron chi connectivity index (χ4n) is 2.31. The minimum Gasteiger partial charge on any atom is -0.497 e. The number of aryl methyl sites for hydroxylation is 1. The minimum absolute atomic E-state index is 0.873.